The molecule has 0 unspecified atom stereocenters. The van der Waals surface area contributed by atoms with Gasteiger partial charge in [-0.05, 0) is 12.3 Å². The Kier molecular flexibility index (Phi) is 3.29. The molecule has 0 saturated carbocycles. The van der Waals surface area contributed by atoms with Crippen LogP contribution in [0, 0.1) is 5.92 Å². The highest BCUT2D eigenvalue weighted by atomic mass is 14.1. The quantitative estimate of drug-likeness (QED) is 0.393. The molecule has 1 aliphatic heterocycles. The van der Waals surface area contributed by atoms with E-state index in [1.54, 1.807) is 5.57 Å². The zero-order valence-corrected chi connectivity index (χ0v) is 7.64. The van der Waals surface area contributed by atoms with E-state index in [-0.39, 0.29) is 0 Å². The van der Waals surface area contributed by atoms with E-state index < -0.39 is 0 Å². The van der Waals surface area contributed by atoms with Crippen LogP contribution in [0.25, 0.3) is 0 Å². The maximum atomic E-state index is 5.85. The molecular weight excluding hydrogens is 130 g/mol. The summed E-state index contributed by atoms with van der Waals surface area (Å²) in [6, 6.07) is 0. The fourth-order valence-electron chi connectivity index (χ4n) is 1.62. The Morgan fingerprint density at radius 3 is 2.91 bits per heavy atom. The maximum Gasteiger partial charge on any atom is 0.0951 e. The fraction of sp³-hybridized carbons (Fsp3) is 0.778. The number of allylic oxidation sites excluding steroid dienone is 2. The molecule has 0 fully saturated rings. The lowest BCUT2D eigenvalue weighted by Gasteiger charge is -2.07. The molecular formula is C9H16B2. The number of hydrogen-bond donors (Lipinski definition) is 0. The zero-order chi connectivity index (χ0) is 8.27. The average molecular weight is 146 g/mol. The van der Waals surface area contributed by atoms with Crippen LogP contribution in [0.2, 0.25) is 12.6 Å². The first kappa shape index (κ1) is 8.96. The Bertz CT molecular complexity index is 150. The zero-order valence-electron chi connectivity index (χ0n) is 7.64. The molecule has 0 nitrogen and oxygen atoms in total. The normalized spacial score (nSPS) is 19.9. The molecule has 2 radical (unpaired) electrons. The highest BCUT2D eigenvalue weighted by molar-refractivity contribution is 7.03. The van der Waals surface area contributed by atoms with Crippen LogP contribution < -0.4 is 0 Å². The summed E-state index contributed by atoms with van der Waals surface area (Å²) in [6.07, 6.45) is 7.19. The lowest BCUT2D eigenvalue weighted by Crippen LogP contribution is -2.08. The third kappa shape index (κ3) is 2.76. The van der Waals surface area contributed by atoms with E-state index in [4.69, 9.17) is 7.74 Å². The summed E-state index contributed by atoms with van der Waals surface area (Å²) >= 11 is 0. The van der Waals surface area contributed by atoms with Gasteiger partial charge >= 0.3 is 0 Å². The Balaban J connectivity index is 2.51. The van der Waals surface area contributed by atoms with Crippen molar-refractivity contribution >= 4 is 14.3 Å². The molecule has 2 heteroatoms. The Morgan fingerprint density at radius 2 is 2.27 bits per heavy atom. The van der Waals surface area contributed by atoms with Crippen molar-refractivity contribution in [3.05, 3.63) is 11.6 Å². The molecule has 0 atom stereocenters. The van der Waals surface area contributed by atoms with Crippen LogP contribution in [0.3, 0.4) is 0 Å². The second-order valence-corrected chi connectivity index (χ2v) is 3.82. The molecule has 0 spiro atoms. The van der Waals surface area contributed by atoms with Gasteiger partial charge in [0.15, 0.2) is 0 Å². The fourth-order valence-corrected chi connectivity index (χ4v) is 1.62. The highest BCUT2D eigenvalue weighted by Gasteiger charge is 2.11. The molecule has 0 N–H and O–H groups in total. The minimum absolute atomic E-state index is 0.422. The molecule has 1 rings (SSSR count). The molecule has 0 aromatic rings. The molecule has 0 aromatic carbocycles. The van der Waals surface area contributed by atoms with Gasteiger partial charge in [-0.15, -0.1) is 0 Å². The smallest absolute Gasteiger partial charge is 0.0930 e. The minimum Gasteiger partial charge on any atom is -0.0930 e. The van der Waals surface area contributed by atoms with Crippen molar-refractivity contribution in [3.8, 4) is 0 Å². The Morgan fingerprint density at radius 1 is 1.55 bits per heavy atom. The highest BCUT2D eigenvalue weighted by Crippen LogP contribution is 2.22. The lowest BCUT2D eigenvalue weighted by molar-refractivity contribution is 0.703. The van der Waals surface area contributed by atoms with E-state index in [1.165, 1.54) is 19.2 Å². The van der Waals surface area contributed by atoms with Gasteiger partial charge in [-0.3, -0.25) is 0 Å². The van der Waals surface area contributed by atoms with Crippen molar-refractivity contribution in [1.29, 1.82) is 0 Å². The predicted octanol–water partition coefficient (Wildman–Crippen LogP) is 2.52. The minimum atomic E-state index is 0.422. The third-order valence-corrected chi connectivity index (χ3v) is 2.46. The second kappa shape index (κ2) is 4.04. The summed E-state index contributed by atoms with van der Waals surface area (Å²) in [4.78, 5) is 0. The van der Waals surface area contributed by atoms with E-state index in [0.717, 1.165) is 12.2 Å². The average Bonchev–Trinajstić information content (AvgIpc) is 2.13. The van der Waals surface area contributed by atoms with Crippen LogP contribution in [-0.2, 0) is 0 Å². The first-order valence-corrected chi connectivity index (χ1v) is 4.64. The standard InChI is InChI=1S/C9H16B2/c1-8(2)9-4-3-6-11(10)7-5-9/h5,8H,3-4,6-7H2,1-2H3. The predicted molar refractivity (Wildman–Crippen MR) is 53.3 cm³/mol. The third-order valence-electron chi connectivity index (χ3n) is 2.46. The molecule has 0 saturated heterocycles. The first-order valence-electron chi connectivity index (χ1n) is 4.64. The largest absolute Gasteiger partial charge is 0.0951 e. The molecule has 1 aliphatic rings. The molecule has 58 valence electrons. The van der Waals surface area contributed by atoms with Gasteiger partial charge < -0.3 is 0 Å². The lowest BCUT2D eigenvalue weighted by atomic mass is 9.29. The molecule has 0 aliphatic carbocycles. The van der Waals surface area contributed by atoms with Crippen molar-refractivity contribution < 1.29 is 0 Å². The Labute approximate surface area is 71.9 Å². The van der Waals surface area contributed by atoms with Gasteiger partial charge in [-0.1, -0.05) is 44.6 Å². The molecule has 11 heavy (non-hydrogen) atoms. The van der Waals surface area contributed by atoms with Crippen molar-refractivity contribution in [3.63, 3.8) is 0 Å². The van der Waals surface area contributed by atoms with E-state index >= 15 is 0 Å². The van der Waals surface area contributed by atoms with Crippen LogP contribution >= 0.6 is 0 Å². The SMILES string of the molecule is [B]B1CC=C(C(C)C)CCC1. The summed E-state index contributed by atoms with van der Waals surface area (Å²) < 4.78 is 0. The van der Waals surface area contributed by atoms with Gasteiger partial charge in [-0.2, -0.15) is 0 Å². The van der Waals surface area contributed by atoms with Crippen LogP contribution in [-0.4, -0.2) is 14.3 Å². The van der Waals surface area contributed by atoms with Crippen LogP contribution in [0.4, 0.5) is 0 Å². The first-order chi connectivity index (χ1) is 5.20. The second-order valence-electron chi connectivity index (χ2n) is 3.82. The van der Waals surface area contributed by atoms with Crippen molar-refractivity contribution in [2.24, 2.45) is 5.92 Å². The van der Waals surface area contributed by atoms with Gasteiger partial charge in [0, 0.05) is 7.74 Å². The van der Waals surface area contributed by atoms with Gasteiger partial charge in [0.25, 0.3) is 0 Å². The molecule has 0 amide bonds. The summed E-state index contributed by atoms with van der Waals surface area (Å²) in [5.74, 6) is 0.722. The van der Waals surface area contributed by atoms with Crippen LogP contribution in [0.1, 0.15) is 26.7 Å². The van der Waals surface area contributed by atoms with E-state index in [2.05, 4.69) is 19.9 Å². The summed E-state index contributed by atoms with van der Waals surface area (Å²) in [6.45, 7) is 4.96. The van der Waals surface area contributed by atoms with Crippen LogP contribution in [0.5, 0.6) is 0 Å². The molecule has 0 aromatic heterocycles. The Hall–Kier alpha value is -0.130. The van der Waals surface area contributed by atoms with Crippen molar-refractivity contribution in [1.82, 2.24) is 0 Å². The monoisotopic (exact) mass is 146 g/mol. The number of rotatable bonds is 1. The van der Waals surface area contributed by atoms with Gasteiger partial charge in [0.05, 0.1) is 6.60 Å². The van der Waals surface area contributed by atoms with E-state index in [0.29, 0.717) is 6.60 Å². The topological polar surface area (TPSA) is 0 Å². The summed E-state index contributed by atoms with van der Waals surface area (Å²) in [5.41, 5.74) is 1.61. The molecule has 1 heterocycles. The number of hydrogen-bond acceptors (Lipinski definition) is 0. The van der Waals surface area contributed by atoms with Gasteiger partial charge in [0.1, 0.15) is 0 Å². The van der Waals surface area contributed by atoms with Gasteiger partial charge in [-0.25, -0.2) is 0 Å². The summed E-state index contributed by atoms with van der Waals surface area (Å²) in [5, 5.41) is 0. The van der Waals surface area contributed by atoms with Crippen LogP contribution in [0.15, 0.2) is 11.6 Å². The maximum absolute atomic E-state index is 5.85. The van der Waals surface area contributed by atoms with Crippen molar-refractivity contribution in [2.75, 3.05) is 0 Å². The van der Waals surface area contributed by atoms with Crippen molar-refractivity contribution in [2.45, 2.75) is 39.3 Å². The van der Waals surface area contributed by atoms with E-state index in [9.17, 15) is 0 Å². The van der Waals surface area contributed by atoms with E-state index in [1.807, 2.05) is 0 Å². The molecule has 0 bridgehead atoms. The summed E-state index contributed by atoms with van der Waals surface area (Å²) in [7, 11) is 5.85. The van der Waals surface area contributed by atoms with Gasteiger partial charge in [0.2, 0.25) is 0 Å².